The first-order valence-electron chi connectivity index (χ1n) is 10.5. The second-order valence-corrected chi connectivity index (χ2v) is 10.6. The van der Waals surface area contributed by atoms with Crippen molar-refractivity contribution in [2.75, 3.05) is 23.2 Å². The fourth-order valence-electron chi connectivity index (χ4n) is 3.86. The molecule has 2 aromatic rings. The molecular formula is C23H28N4O5S. The van der Waals surface area contributed by atoms with Crippen LogP contribution >= 0.6 is 0 Å². The van der Waals surface area contributed by atoms with E-state index in [9.17, 15) is 22.8 Å². The number of carbonyl (C=O) groups excluding carboxylic acids is 3. The highest BCUT2D eigenvalue weighted by Gasteiger charge is 2.48. The predicted octanol–water partition coefficient (Wildman–Crippen LogP) is 2.81. The molecule has 1 heterocycles. The van der Waals surface area contributed by atoms with Crippen LogP contribution in [0.4, 0.5) is 16.2 Å². The Morgan fingerprint density at radius 2 is 1.79 bits per heavy atom. The van der Waals surface area contributed by atoms with Crippen LogP contribution in [0.15, 0.2) is 59.5 Å². The summed E-state index contributed by atoms with van der Waals surface area (Å²) < 4.78 is 27.2. The van der Waals surface area contributed by atoms with Crippen LogP contribution in [-0.4, -0.2) is 50.3 Å². The maximum Gasteiger partial charge on any atom is 0.325 e. The van der Waals surface area contributed by atoms with Crippen molar-refractivity contribution in [1.82, 2.24) is 10.2 Å². The number of nitrogens with one attached hydrogen (secondary N) is 2. The van der Waals surface area contributed by atoms with Crippen molar-refractivity contribution in [3.8, 4) is 0 Å². The van der Waals surface area contributed by atoms with Gasteiger partial charge in [0.2, 0.25) is 5.91 Å². The van der Waals surface area contributed by atoms with Crippen LogP contribution in [0, 0.1) is 5.92 Å². The summed E-state index contributed by atoms with van der Waals surface area (Å²) in [5.74, 6) is -0.901. The van der Waals surface area contributed by atoms with E-state index in [2.05, 4.69) is 10.6 Å². The molecule has 10 heteroatoms. The molecule has 9 nitrogen and oxygen atoms in total. The minimum absolute atomic E-state index is 0.00819. The van der Waals surface area contributed by atoms with Crippen molar-refractivity contribution in [2.45, 2.75) is 37.6 Å². The highest BCUT2D eigenvalue weighted by molar-refractivity contribution is 7.92. The van der Waals surface area contributed by atoms with Crippen molar-refractivity contribution in [2.24, 2.45) is 5.92 Å². The zero-order chi connectivity index (χ0) is 24.4. The summed E-state index contributed by atoms with van der Waals surface area (Å²) in [5, 5.41) is 5.23. The molecule has 1 aliphatic heterocycles. The molecule has 1 atom stereocenters. The number of imide groups is 1. The third kappa shape index (κ3) is 5.16. The first kappa shape index (κ1) is 24.2. The zero-order valence-electron chi connectivity index (χ0n) is 19.0. The number of nitrogens with zero attached hydrogens (tertiary/aromatic N) is 2. The summed E-state index contributed by atoms with van der Waals surface area (Å²) in [4.78, 5) is 38.5. The number of urea groups is 1. The Labute approximate surface area is 193 Å². The topological polar surface area (TPSA) is 116 Å². The molecule has 0 aromatic heterocycles. The highest BCUT2D eigenvalue weighted by atomic mass is 32.2. The molecule has 176 valence electrons. The van der Waals surface area contributed by atoms with E-state index in [1.165, 1.54) is 31.3 Å². The van der Waals surface area contributed by atoms with Crippen LogP contribution in [0.25, 0.3) is 0 Å². The van der Waals surface area contributed by atoms with Crippen LogP contribution in [-0.2, 0) is 19.6 Å². The molecule has 0 bridgehead atoms. The van der Waals surface area contributed by atoms with Crippen LogP contribution in [0.3, 0.4) is 0 Å². The zero-order valence-corrected chi connectivity index (χ0v) is 19.8. The molecule has 0 spiro atoms. The van der Waals surface area contributed by atoms with Gasteiger partial charge in [0.15, 0.2) is 0 Å². The van der Waals surface area contributed by atoms with Gasteiger partial charge in [-0.15, -0.1) is 0 Å². The Balaban J connectivity index is 1.72. The van der Waals surface area contributed by atoms with E-state index >= 15 is 0 Å². The van der Waals surface area contributed by atoms with E-state index < -0.39 is 40.0 Å². The molecule has 0 saturated carbocycles. The lowest BCUT2D eigenvalue weighted by atomic mass is 9.91. The molecule has 1 aliphatic rings. The summed E-state index contributed by atoms with van der Waals surface area (Å²) in [6.45, 7) is 5.05. The number of carbonyl (C=O) groups is 3. The minimum Gasteiger partial charge on any atom is -0.324 e. The fraction of sp³-hybridized carbons (Fsp3) is 0.348. The molecule has 3 rings (SSSR count). The molecule has 1 saturated heterocycles. The minimum atomic E-state index is -3.86. The Hall–Kier alpha value is -3.40. The van der Waals surface area contributed by atoms with Crippen LogP contribution in [0.5, 0.6) is 0 Å². The van der Waals surface area contributed by atoms with Crippen molar-refractivity contribution in [3.05, 3.63) is 54.6 Å². The van der Waals surface area contributed by atoms with E-state index in [-0.39, 0.29) is 16.5 Å². The third-order valence-corrected chi connectivity index (χ3v) is 7.14. The predicted molar refractivity (Wildman–Crippen MR) is 125 cm³/mol. The smallest absolute Gasteiger partial charge is 0.324 e. The normalized spacial score (nSPS) is 18.4. The van der Waals surface area contributed by atoms with Crippen LogP contribution in [0.2, 0.25) is 0 Å². The lowest BCUT2D eigenvalue weighted by Crippen LogP contribution is -2.45. The van der Waals surface area contributed by atoms with E-state index in [4.69, 9.17) is 0 Å². The summed E-state index contributed by atoms with van der Waals surface area (Å²) in [7, 11) is -2.42. The average Bonchev–Trinajstić information content (AvgIpc) is 2.96. The lowest BCUT2D eigenvalue weighted by Gasteiger charge is -2.23. The standard InChI is InChI=1S/C23H28N4O5S/c1-16(2)14-23(3)21(29)27(22(30)25-23)15-20(28)24-17-9-8-12-19(13-17)33(31,32)26(4)18-10-6-5-7-11-18/h5-13,16H,14-15H2,1-4H3,(H,24,28)(H,25,30)/t23-/m1/s1. The molecule has 1 fully saturated rings. The maximum absolute atomic E-state index is 13.0. The molecular weight excluding hydrogens is 444 g/mol. The van der Waals surface area contributed by atoms with E-state index in [0.717, 1.165) is 9.21 Å². The van der Waals surface area contributed by atoms with Crippen molar-refractivity contribution < 1.29 is 22.8 Å². The Kier molecular flexibility index (Phi) is 6.78. The van der Waals surface area contributed by atoms with Gasteiger partial charge in [-0.3, -0.25) is 18.8 Å². The fourth-order valence-corrected chi connectivity index (χ4v) is 5.10. The SMILES string of the molecule is CC(C)C[C@@]1(C)NC(=O)N(CC(=O)Nc2cccc(S(=O)(=O)N(C)c3ccccc3)c2)C1=O. The van der Waals surface area contributed by atoms with E-state index in [1.54, 1.807) is 37.3 Å². The molecule has 4 amide bonds. The molecule has 2 aromatic carbocycles. The number of hydrogen-bond donors (Lipinski definition) is 2. The number of hydrogen-bond acceptors (Lipinski definition) is 5. The van der Waals surface area contributed by atoms with Gasteiger partial charge in [0, 0.05) is 12.7 Å². The Bertz CT molecular complexity index is 1170. The van der Waals surface area contributed by atoms with Gasteiger partial charge in [-0.05, 0) is 49.6 Å². The van der Waals surface area contributed by atoms with Gasteiger partial charge >= 0.3 is 6.03 Å². The van der Waals surface area contributed by atoms with Gasteiger partial charge in [0.1, 0.15) is 12.1 Å². The van der Waals surface area contributed by atoms with Gasteiger partial charge in [-0.2, -0.15) is 0 Å². The molecule has 0 aliphatic carbocycles. The molecule has 0 radical (unpaired) electrons. The summed E-state index contributed by atoms with van der Waals surface area (Å²) in [6, 6.07) is 13.8. The van der Waals surface area contributed by atoms with Gasteiger partial charge in [0.05, 0.1) is 10.6 Å². The molecule has 0 unspecified atom stereocenters. The number of sulfonamides is 1. The number of amides is 4. The van der Waals surface area contributed by atoms with Gasteiger partial charge in [-0.1, -0.05) is 38.1 Å². The number of benzene rings is 2. The summed E-state index contributed by atoms with van der Waals surface area (Å²) in [5.41, 5.74) is -0.323. The van der Waals surface area contributed by atoms with Crippen LogP contribution < -0.4 is 14.9 Å². The largest absolute Gasteiger partial charge is 0.325 e. The molecule has 2 N–H and O–H groups in total. The second-order valence-electron chi connectivity index (χ2n) is 8.64. The molecule has 33 heavy (non-hydrogen) atoms. The lowest BCUT2D eigenvalue weighted by molar-refractivity contribution is -0.133. The quantitative estimate of drug-likeness (QED) is 0.573. The van der Waals surface area contributed by atoms with Crippen molar-refractivity contribution in [1.29, 1.82) is 0 Å². The number of anilines is 2. The number of para-hydroxylation sites is 1. The monoisotopic (exact) mass is 472 g/mol. The van der Waals surface area contributed by atoms with E-state index in [1.807, 2.05) is 13.8 Å². The highest BCUT2D eigenvalue weighted by Crippen LogP contribution is 2.26. The Morgan fingerprint density at radius 3 is 2.42 bits per heavy atom. The van der Waals surface area contributed by atoms with Crippen molar-refractivity contribution >= 4 is 39.2 Å². The third-order valence-electron chi connectivity index (χ3n) is 5.36. The van der Waals surface area contributed by atoms with Gasteiger partial charge in [0.25, 0.3) is 15.9 Å². The Morgan fingerprint density at radius 1 is 1.12 bits per heavy atom. The first-order chi connectivity index (χ1) is 15.4. The van der Waals surface area contributed by atoms with Crippen molar-refractivity contribution in [3.63, 3.8) is 0 Å². The number of rotatable bonds is 8. The van der Waals surface area contributed by atoms with Crippen LogP contribution in [0.1, 0.15) is 27.2 Å². The maximum atomic E-state index is 13.0. The summed E-state index contributed by atoms with van der Waals surface area (Å²) >= 11 is 0. The van der Waals surface area contributed by atoms with Gasteiger partial charge in [-0.25, -0.2) is 13.2 Å². The summed E-state index contributed by atoms with van der Waals surface area (Å²) in [6.07, 6.45) is 0.449. The second kappa shape index (κ2) is 9.22. The average molecular weight is 473 g/mol. The van der Waals surface area contributed by atoms with E-state index in [0.29, 0.717) is 12.1 Å². The first-order valence-corrected chi connectivity index (χ1v) is 12.0. The van der Waals surface area contributed by atoms with Gasteiger partial charge < -0.3 is 10.6 Å².